The summed E-state index contributed by atoms with van der Waals surface area (Å²) in [6.07, 6.45) is 6.95. The van der Waals surface area contributed by atoms with Crippen LogP contribution in [0, 0.1) is 5.92 Å². The van der Waals surface area contributed by atoms with Gasteiger partial charge in [0.25, 0.3) is 0 Å². The van der Waals surface area contributed by atoms with Gasteiger partial charge in [-0.2, -0.15) is 5.10 Å². The third kappa shape index (κ3) is 3.63. The van der Waals surface area contributed by atoms with E-state index in [1.165, 1.54) is 18.2 Å². The van der Waals surface area contributed by atoms with Crippen LogP contribution in [0.1, 0.15) is 33.1 Å². The van der Waals surface area contributed by atoms with Crippen LogP contribution in [-0.4, -0.2) is 44.5 Å². The molecule has 0 unspecified atom stereocenters. The summed E-state index contributed by atoms with van der Waals surface area (Å²) in [7, 11) is 0. The maximum atomic E-state index is 11.9. The Morgan fingerprint density at radius 3 is 2.83 bits per heavy atom. The number of fused-ring (bicyclic) bond motifs is 1. The van der Waals surface area contributed by atoms with Gasteiger partial charge in [0.05, 0.1) is 18.1 Å². The minimum atomic E-state index is 0.166. The molecule has 8 heteroatoms. The molecule has 0 spiro atoms. The van der Waals surface area contributed by atoms with Gasteiger partial charge in [-0.1, -0.05) is 18.2 Å². The molecule has 0 bridgehead atoms. The Kier molecular flexibility index (Phi) is 5.23. The number of aromatic nitrogens is 4. The molecule has 130 valence electrons. The van der Waals surface area contributed by atoms with Gasteiger partial charge in [-0.3, -0.25) is 4.79 Å². The number of rotatable bonds is 7. The van der Waals surface area contributed by atoms with Gasteiger partial charge in [0.1, 0.15) is 5.82 Å². The lowest BCUT2D eigenvalue weighted by Gasteiger charge is -2.23. The van der Waals surface area contributed by atoms with Crippen molar-refractivity contribution in [2.75, 3.05) is 18.1 Å². The van der Waals surface area contributed by atoms with Crippen LogP contribution in [0.25, 0.3) is 11.0 Å². The molecule has 0 aromatic carbocycles. The number of thioether (sulfide) groups is 1. The van der Waals surface area contributed by atoms with E-state index in [0.29, 0.717) is 18.2 Å². The molecular weight excluding hydrogens is 324 g/mol. The number of carbonyl (C=O) groups excluding carboxylic acids is 1. The Morgan fingerprint density at radius 2 is 2.21 bits per heavy atom. The molecule has 1 amide bonds. The van der Waals surface area contributed by atoms with E-state index in [2.05, 4.69) is 39.5 Å². The van der Waals surface area contributed by atoms with Crippen molar-refractivity contribution in [1.29, 1.82) is 0 Å². The second kappa shape index (κ2) is 7.38. The minimum absolute atomic E-state index is 0.166. The van der Waals surface area contributed by atoms with Gasteiger partial charge in [0.2, 0.25) is 5.91 Å². The van der Waals surface area contributed by atoms with E-state index in [9.17, 15) is 4.79 Å². The molecular formula is C16H24N6OS. The first kappa shape index (κ1) is 17.0. The molecule has 24 heavy (non-hydrogen) atoms. The average molecular weight is 348 g/mol. The molecule has 1 aliphatic rings. The summed E-state index contributed by atoms with van der Waals surface area (Å²) in [5.74, 6) is 1.19. The monoisotopic (exact) mass is 348 g/mol. The lowest BCUT2D eigenvalue weighted by molar-refractivity contribution is -0.127. The molecule has 2 N–H and O–H groups in total. The van der Waals surface area contributed by atoms with Gasteiger partial charge in [0, 0.05) is 18.5 Å². The van der Waals surface area contributed by atoms with Crippen LogP contribution in [0.2, 0.25) is 0 Å². The molecule has 0 atom stereocenters. The third-order valence-corrected chi connectivity index (χ3v) is 4.73. The number of nitrogens with zero attached hydrogens (tertiary/aromatic N) is 4. The van der Waals surface area contributed by atoms with Gasteiger partial charge < -0.3 is 10.6 Å². The Bertz CT molecular complexity index is 725. The Hall–Kier alpha value is -1.83. The van der Waals surface area contributed by atoms with E-state index in [4.69, 9.17) is 0 Å². The summed E-state index contributed by atoms with van der Waals surface area (Å²) in [6, 6.07) is 0.280. The van der Waals surface area contributed by atoms with Crippen LogP contribution in [0.15, 0.2) is 11.4 Å². The molecule has 3 rings (SSSR count). The van der Waals surface area contributed by atoms with Crippen molar-refractivity contribution in [1.82, 2.24) is 25.1 Å². The predicted molar refractivity (Wildman–Crippen MR) is 96.2 cm³/mol. The quantitative estimate of drug-likeness (QED) is 0.590. The van der Waals surface area contributed by atoms with Crippen LogP contribution < -0.4 is 10.6 Å². The largest absolute Gasteiger partial charge is 0.367 e. The Morgan fingerprint density at radius 1 is 1.42 bits per heavy atom. The van der Waals surface area contributed by atoms with Gasteiger partial charge >= 0.3 is 0 Å². The number of carbonyl (C=O) groups is 1. The van der Waals surface area contributed by atoms with E-state index >= 15 is 0 Å². The zero-order chi connectivity index (χ0) is 17.1. The highest BCUT2D eigenvalue weighted by molar-refractivity contribution is 7.98. The predicted octanol–water partition coefficient (Wildman–Crippen LogP) is 2.28. The zero-order valence-electron chi connectivity index (χ0n) is 14.4. The molecule has 1 aliphatic carbocycles. The van der Waals surface area contributed by atoms with E-state index in [1.807, 2.05) is 10.9 Å². The highest BCUT2D eigenvalue weighted by Crippen LogP contribution is 2.26. The SMILES string of the molecule is CSc1nc(NC(C)C)c2cnn(CCNC(=O)C3CCC3)c2n1. The molecule has 0 saturated heterocycles. The van der Waals surface area contributed by atoms with Crippen molar-refractivity contribution in [3.8, 4) is 0 Å². The first-order valence-electron chi connectivity index (χ1n) is 8.40. The fourth-order valence-corrected chi connectivity index (χ4v) is 3.03. The van der Waals surface area contributed by atoms with Crippen molar-refractivity contribution in [3.05, 3.63) is 6.20 Å². The lowest BCUT2D eigenvalue weighted by atomic mass is 9.85. The van der Waals surface area contributed by atoms with Gasteiger partial charge in [-0.05, 0) is 32.9 Å². The van der Waals surface area contributed by atoms with Crippen LogP contribution in [0.3, 0.4) is 0 Å². The normalized spacial score (nSPS) is 14.8. The highest BCUT2D eigenvalue weighted by Gasteiger charge is 2.24. The van der Waals surface area contributed by atoms with E-state index in [-0.39, 0.29) is 17.9 Å². The minimum Gasteiger partial charge on any atom is -0.367 e. The van der Waals surface area contributed by atoms with Crippen molar-refractivity contribution < 1.29 is 4.79 Å². The molecule has 1 saturated carbocycles. The first-order valence-corrected chi connectivity index (χ1v) is 9.62. The number of amides is 1. The van der Waals surface area contributed by atoms with Crippen LogP contribution >= 0.6 is 11.8 Å². The molecule has 2 heterocycles. The van der Waals surface area contributed by atoms with Crippen molar-refractivity contribution >= 4 is 34.5 Å². The van der Waals surface area contributed by atoms with Crippen molar-refractivity contribution in [2.45, 2.75) is 50.9 Å². The maximum absolute atomic E-state index is 11.9. The molecule has 1 fully saturated rings. The van der Waals surface area contributed by atoms with Gasteiger partial charge in [-0.25, -0.2) is 14.6 Å². The highest BCUT2D eigenvalue weighted by atomic mass is 32.2. The molecule has 2 aromatic rings. The smallest absolute Gasteiger partial charge is 0.223 e. The number of anilines is 1. The average Bonchev–Trinajstić information content (AvgIpc) is 2.88. The van der Waals surface area contributed by atoms with Crippen molar-refractivity contribution in [3.63, 3.8) is 0 Å². The third-order valence-electron chi connectivity index (χ3n) is 4.18. The fraction of sp³-hybridized carbons (Fsp3) is 0.625. The summed E-state index contributed by atoms with van der Waals surface area (Å²) in [6.45, 7) is 5.33. The zero-order valence-corrected chi connectivity index (χ0v) is 15.2. The first-order chi connectivity index (χ1) is 11.6. The van der Waals surface area contributed by atoms with Crippen LogP contribution in [-0.2, 0) is 11.3 Å². The van der Waals surface area contributed by atoms with E-state index < -0.39 is 0 Å². The fourth-order valence-electron chi connectivity index (χ4n) is 2.67. The Labute approximate surface area is 146 Å². The summed E-state index contributed by atoms with van der Waals surface area (Å²) in [4.78, 5) is 21.0. The standard InChI is InChI=1S/C16H24N6OS/c1-10(2)19-13-12-9-18-22(14(12)21-16(20-13)24-3)8-7-17-15(23)11-5-4-6-11/h9-11H,4-8H2,1-3H3,(H,17,23)(H,19,20,21). The van der Waals surface area contributed by atoms with Crippen LogP contribution in [0.5, 0.6) is 0 Å². The molecule has 0 aliphatic heterocycles. The summed E-state index contributed by atoms with van der Waals surface area (Å²) in [5, 5.41) is 12.4. The number of hydrogen-bond acceptors (Lipinski definition) is 6. The Balaban J connectivity index is 1.74. The van der Waals surface area contributed by atoms with Gasteiger partial charge in [0.15, 0.2) is 10.8 Å². The molecule has 0 radical (unpaired) electrons. The topological polar surface area (TPSA) is 84.7 Å². The number of hydrogen-bond donors (Lipinski definition) is 2. The maximum Gasteiger partial charge on any atom is 0.223 e. The summed E-state index contributed by atoms with van der Waals surface area (Å²) < 4.78 is 1.84. The summed E-state index contributed by atoms with van der Waals surface area (Å²) >= 11 is 1.51. The van der Waals surface area contributed by atoms with Crippen molar-refractivity contribution in [2.24, 2.45) is 5.92 Å². The van der Waals surface area contributed by atoms with E-state index in [0.717, 1.165) is 29.7 Å². The second-order valence-corrected chi connectivity index (χ2v) is 7.16. The van der Waals surface area contributed by atoms with Gasteiger partial charge in [-0.15, -0.1) is 0 Å². The van der Waals surface area contributed by atoms with Crippen LogP contribution in [0.4, 0.5) is 5.82 Å². The second-order valence-electron chi connectivity index (χ2n) is 6.38. The number of nitrogens with one attached hydrogen (secondary N) is 2. The lowest BCUT2D eigenvalue weighted by Crippen LogP contribution is -2.36. The molecule has 2 aromatic heterocycles. The molecule has 7 nitrogen and oxygen atoms in total. The van der Waals surface area contributed by atoms with E-state index in [1.54, 1.807) is 6.20 Å². The summed E-state index contributed by atoms with van der Waals surface area (Å²) in [5.41, 5.74) is 0.801.